The van der Waals surface area contributed by atoms with Crippen LogP contribution in [0.5, 0.6) is 0 Å². The molecule has 0 spiro atoms. The van der Waals surface area contributed by atoms with Gasteiger partial charge in [0.15, 0.2) is 0 Å². The lowest BCUT2D eigenvalue weighted by Gasteiger charge is -2.10. The SMILES string of the molecule is O=C(O)c1ccccc1Nc1ccc(CCCc2cc(Cl)cc(Cl)c2)cc1. The lowest BCUT2D eigenvalue weighted by atomic mass is 10.0. The number of halogens is 2. The molecule has 0 saturated carbocycles. The smallest absolute Gasteiger partial charge is 0.337 e. The van der Waals surface area contributed by atoms with E-state index in [2.05, 4.69) is 17.4 Å². The van der Waals surface area contributed by atoms with Crippen LogP contribution in [0, 0.1) is 0 Å². The van der Waals surface area contributed by atoms with Crippen molar-refractivity contribution in [3.63, 3.8) is 0 Å². The van der Waals surface area contributed by atoms with Crippen molar-refractivity contribution in [2.75, 3.05) is 5.32 Å². The van der Waals surface area contributed by atoms with Gasteiger partial charge in [-0.05, 0) is 72.9 Å². The van der Waals surface area contributed by atoms with Crippen LogP contribution in [0.1, 0.15) is 27.9 Å². The third-order valence-corrected chi connectivity index (χ3v) is 4.68. The molecule has 0 fully saturated rings. The predicted molar refractivity (Wildman–Crippen MR) is 112 cm³/mol. The Morgan fingerprint density at radius 3 is 2.15 bits per heavy atom. The van der Waals surface area contributed by atoms with E-state index in [0.717, 1.165) is 30.5 Å². The monoisotopic (exact) mass is 399 g/mol. The second-order valence-electron chi connectivity index (χ2n) is 6.30. The van der Waals surface area contributed by atoms with E-state index in [1.54, 1.807) is 24.3 Å². The molecule has 0 heterocycles. The lowest BCUT2D eigenvalue weighted by Crippen LogP contribution is -2.02. The van der Waals surface area contributed by atoms with Crippen molar-refractivity contribution in [1.82, 2.24) is 0 Å². The highest BCUT2D eigenvalue weighted by atomic mass is 35.5. The van der Waals surface area contributed by atoms with Gasteiger partial charge >= 0.3 is 5.97 Å². The molecule has 5 heteroatoms. The minimum Gasteiger partial charge on any atom is -0.478 e. The van der Waals surface area contributed by atoms with E-state index in [0.29, 0.717) is 15.7 Å². The number of benzene rings is 3. The molecule has 0 aliphatic rings. The summed E-state index contributed by atoms with van der Waals surface area (Å²) in [7, 11) is 0. The number of carboxylic acid groups (broad SMARTS) is 1. The first-order valence-corrected chi connectivity index (χ1v) is 9.40. The molecule has 0 amide bonds. The average molecular weight is 400 g/mol. The summed E-state index contributed by atoms with van der Waals surface area (Å²) in [4.78, 5) is 11.3. The molecule has 3 aromatic rings. The van der Waals surface area contributed by atoms with E-state index in [4.69, 9.17) is 23.2 Å². The first-order chi connectivity index (χ1) is 13.0. The van der Waals surface area contributed by atoms with Crippen LogP contribution in [-0.2, 0) is 12.8 Å². The number of aromatic carboxylic acids is 1. The van der Waals surface area contributed by atoms with Crippen LogP contribution >= 0.6 is 23.2 Å². The maximum Gasteiger partial charge on any atom is 0.337 e. The quantitative estimate of drug-likeness (QED) is 0.469. The van der Waals surface area contributed by atoms with Crippen LogP contribution < -0.4 is 5.32 Å². The Morgan fingerprint density at radius 2 is 1.48 bits per heavy atom. The summed E-state index contributed by atoms with van der Waals surface area (Å²) in [6.07, 6.45) is 2.84. The zero-order valence-corrected chi connectivity index (χ0v) is 16.1. The standard InChI is InChI=1S/C22H19Cl2NO2/c23-17-12-16(13-18(24)14-17)5-3-4-15-8-10-19(11-9-15)25-21-7-2-1-6-20(21)22(26)27/h1-2,6-14,25H,3-5H2,(H,26,27). The van der Waals surface area contributed by atoms with Gasteiger partial charge in [-0.3, -0.25) is 0 Å². The fraction of sp³-hybridized carbons (Fsp3) is 0.136. The molecule has 0 atom stereocenters. The number of anilines is 2. The van der Waals surface area contributed by atoms with E-state index in [1.807, 2.05) is 30.3 Å². The van der Waals surface area contributed by atoms with Gasteiger partial charge in [0.2, 0.25) is 0 Å². The first kappa shape index (κ1) is 19.3. The van der Waals surface area contributed by atoms with E-state index in [-0.39, 0.29) is 5.56 Å². The third-order valence-electron chi connectivity index (χ3n) is 4.24. The van der Waals surface area contributed by atoms with Crippen molar-refractivity contribution in [3.8, 4) is 0 Å². The van der Waals surface area contributed by atoms with Crippen LogP contribution in [0.15, 0.2) is 66.7 Å². The molecule has 0 saturated heterocycles. The second-order valence-corrected chi connectivity index (χ2v) is 7.18. The zero-order chi connectivity index (χ0) is 19.2. The fourth-order valence-electron chi connectivity index (χ4n) is 2.94. The Bertz CT molecular complexity index is 919. The maximum atomic E-state index is 11.3. The van der Waals surface area contributed by atoms with Crippen molar-refractivity contribution in [3.05, 3.63) is 93.5 Å². The Balaban J connectivity index is 1.58. The molecule has 0 bridgehead atoms. The van der Waals surface area contributed by atoms with Crippen molar-refractivity contribution in [1.29, 1.82) is 0 Å². The van der Waals surface area contributed by atoms with Gasteiger partial charge in [-0.1, -0.05) is 47.5 Å². The van der Waals surface area contributed by atoms with Gasteiger partial charge in [0.25, 0.3) is 0 Å². The van der Waals surface area contributed by atoms with E-state index in [1.165, 1.54) is 5.56 Å². The van der Waals surface area contributed by atoms with Crippen molar-refractivity contribution in [2.24, 2.45) is 0 Å². The highest BCUT2D eigenvalue weighted by Gasteiger charge is 2.08. The molecular formula is C22H19Cl2NO2. The number of hydrogen-bond acceptors (Lipinski definition) is 2. The molecule has 3 rings (SSSR count). The number of aryl methyl sites for hydroxylation is 2. The molecule has 3 aromatic carbocycles. The van der Waals surface area contributed by atoms with Crippen LogP contribution in [0.2, 0.25) is 10.0 Å². The van der Waals surface area contributed by atoms with E-state index in [9.17, 15) is 9.90 Å². The molecule has 0 aromatic heterocycles. The molecule has 138 valence electrons. The lowest BCUT2D eigenvalue weighted by molar-refractivity contribution is 0.0698. The molecule has 2 N–H and O–H groups in total. The highest BCUT2D eigenvalue weighted by molar-refractivity contribution is 6.34. The fourth-order valence-corrected chi connectivity index (χ4v) is 3.51. The minimum absolute atomic E-state index is 0.252. The Hall–Kier alpha value is -2.49. The van der Waals surface area contributed by atoms with Crippen LogP contribution in [0.25, 0.3) is 0 Å². The molecule has 0 aliphatic carbocycles. The molecule has 0 radical (unpaired) electrons. The van der Waals surface area contributed by atoms with Gasteiger partial charge in [0.1, 0.15) is 0 Å². The molecule has 27 heavy (non-hydrogen) atoms. The predicted octanol–water partition coefficient (Wildman–Crippen LogP) is 6.61. The average Bonchev–Trinajstić information content (AvgIpc) is 2.63. The zero-order valence-electron chi connectivity index (χ0n) is 14.6. The van der Waals surface area contributed by atoms with Gasteiger partial charge in [0.05, 0.1) is 11.3 Å². The number of nitrogens with one attached hydrogen (secondary N) is 1. The molecule has 0 unspecified atom stereocenters. The third kappa shape index (κ3) is 5.49. The number of hydrogen-bond donors (Lipinski definition) is 2. The maximum absolute atomic E-state index is 11.3. The normalized spacial score (nSPS) is 10.6. The minimum atomic E-state index is -0.948. The van der Waals surface area contributed by atoms with Gasteiger partial charge in [-0.15, -0.1) is 0 Å². The summed E-state index contributed by atoms with van der Waals surface area (Å²) >= 11 is 12.1. The van der Waals surface area contributed by atoms with Gasteiger partial charge < -0.3 is 10.4 Å². The topological polar surface area (TPSA) is 49.3 Å². The first-order valence-electron chi connectivity index (χ1n) is 8.64. The summed E-state index contributed by atoms with van der Waals surface area (Å²) in [5, 5.41) is 13.7. The van der Waals surface area contributed by atoms with Crippen molar-refractivity contribution in [2.45, 2.75) is 19.3 Å². The summed E-state index contributed by atoms with van der Waals surface area (Å²) in [6, 6.07) is 20.5. The van der Waals surface area contributed by atoms with Gasteiger partial charge in [0, 0.05) is 15.7 Å². The largest absolute Gasteiger partial charge is 0.478 e. The summed E-state index contributed by atoms with van der Waals surface area (Å²) < 4.78 is 0. The van der Waals surface area contributed by atoms with Crippen molar-refractivity contribution >= 4 is 40.5 Å². The molecule has 0 aliphatic heterocycles. The van der Waals surface area contributed by atoms with E-state index < -0.39 is 5.97 Å². The van der Waals surface area contributed by atoms with Crippen LogP contribution in [0.3, 0.4) is 0 Å². The van der Waals surface area contributed by atoms with E-state index >= 15 is 0 Å². The highest BCUT2D eigenvalue weighted by Crippen LogP contribution is 2.23. The van der Waals surface area contributed by atoms with Crippen LogP contribution in [0.4, 0.5) is 11.4 Å². The van der Waals surface area contributed by atoms with Gasteiger partial charge in [-0.25, -0.2) is 4.79 Å². The number of para-hydroxylation sites is 1. The van der Waals surface area contributed by atoms with Gasteiger partial charge in [-0.2, -0.15) is 0 Å². The Kier molecular flexibility index (Phi) is 6.38. The number of carbonyl (C=O) groups is 1. The number of rotatable bonds is 7. The summed E-state index contributed by atoms with van der Waals surface area (Å²) in [6.45, 7) is 0. The molecule has 3 nitrogen and oxygen atoms in total. The number of carboxylic acids is 1. The molecular weight excluding hydrogens is 381 g/mol. The van der Waals surface area contributed by atoms with Crippen molar-refractivity contribution < 1.29 is 9.90 Å². The second kappa shape index (κ2) is 8.94. The summed E-state index contributed by atoms with van der Waals surface area (Å²) in [5.74, 6) is -0.948. The Labute approximate surface area is 168 Å². The summed E-state index contributed by atoms with van der Waals surface area (Å²) in [5.41, 5.74) is 4.04. The Morgan fingerprint density at radius 1 is 0.852 bits per heavy atom. The van der Waals surface area contributed by atoms with Crippen LogP contribution in [-0.4, -0.2) is 11.1 Å².